The zero-order valence-corrected chi connectivity index (χ0v) is 8.75. The SMILES string of the molecule is C#CCN(CC)C(=O)C1(N)CCCC1. The Balaban J connectivity index is 2.67. The van der Waals surface area contributed by atoms with Crippen molar-refractivity contribution in [3.63, 3.8) is 0 Å². The second-order valence-electron chi connectivity index (χ2n) is 3.89. The van der Waals surface area contributed by atoms with E-state index < -0.39 is 5.54 Å². The summed E-state index contributed by atoms with van der Waals surface area (Å²) in [6.45, 7) is 2.93. The van der Waals surface area contributed by atoms with Crippen molar-refractivity contribution in [3.05, 3.63) is 0 Å². The highest BCUT2D eigenvalue weighted by Gasteiger charge is 2.39. The number of hydrogen-bond acceptors (Lipinski definition) is 2. The minimum Gasteiger partial charge on any atom is -0.330 e. The Morgan fingerprint density at radius 1 is 1.57 bits per heavy atom. The van der Waals surface area contributed by atoms with E-state index in [-0.39, 0.29) is 5.91 Å². The maximum absolute atomic E-state index is 12.0. The van der Waals surface area contributed by atoms with E-state index in [1.165, 1.54) is 0 Å². The van der Waals surface area contributed by atoms with Gasteiger partial charge in [-0.15, -0.1) is 6.42 Å². The molecule has 1 amide bonds. The molecular weight excluding hydrogens is 176 g/mol. The summed E-state index contributed by atoms with van der Waals surface area (Å²) in [5.74, 6) is 2.51. The number of terminal acetylenes is 1. The summed E-state index contributed by atoms with van der Waals surface area (Å²) < 4.78 is 0. The predicted octanol–water partition coefficient (Wildman–Crippen LogP) is 0.740. The Morgan fingerprint density at radius 3 is 2.57 bits per heavy atom. The number of nitrogens with zero attached hydrogens (tertiary/aromatic N) is 1. The summed E-state index contributed by atoms with van der Waals surface area (Å²) in [6, 6.07) is 0. The van der Waals surface area contributed by atoms with Crippen LogP contribution < -0.4 is 5.73 Å². The van der Waals surface area contributed by atoms with Gasteiger partial charge in [0.2, 0.25) is 5.91 Å². The van der Waals surface area contributed by atoms with Gasteiger partial charge in [-0.2, -0.15) is 0 Å². The van der Waals surface area contributed by atoms with Gasteiger partial charge in [0.25, 0.3) is 0 Å². The summed E-state index contributed by atoms with van der Waals surface area (Å²) in [5.41, 5.74) is 5.42. The Bertz CT molecular complexity index is 249. The van der Waals surface area contributed by atoms with Crippen molar-refractivity contribution in [2.75, 3.05) is 13.1 Å². The van der Waals surface area contributed by atoms with Crippen LogP contribution in [0.25, 0.3) is 0 Å². The quantitative estimate of drug-likeness (QED) is 0.674. The van der Waals surface area contributed by atoms with Gasteiger partial charge in [0.1, 0.15) is 0 Å². The predicted molar refractivity (Wildman–Crippen MR) is 56.5 cm³/mol. The highest BCUT2D eigenvalue weighted by Crippen LogP contribution is 2.28. The number of carbonyl (C=O) groups is 1. The van der Waals surface area contributed by atoms with Crippen LogP contribution in [0.5, 0.6) is 0 Å². The molecule has 1 aliphatic rings. The molecule has 0 heterocycles. The molecule has 0 atom stereocenters. The first kappa shape index (κ1) is 11.1. The number of hydrogen-bond donors (Lipinski definition) is 1. The molecule has 0 unspecified atom stereocenters. The average molecular weight is 194 g/mol. The lowest BCUT2D eigenvalue weighted by Crippen LogP contribution is -2.53. The molecule has 78 valence electrons. The molecule has 1 aliphatic carbocycles. The molecule has 2 N–H and O–H groups in total. The Morgan fingerprint density at radius 2 is 2.14 bits per heavy atom. The van der Waals surface area contributed by atoms with E-state index in [0.29, 0.717) is 13.1 Å². The van der Waals surface area contributed by atoms with Crippen molar-refractivity contribution in [2.45, 2.75) is 38.1 Å². The van der Waals surface area contributed by atoms with Crippen LogP contribution in [0.15, 0.2) is 0 Å². The normalized spacial score (nSPS) is 18.9. The molecule has 0 aromatic rings. The molecule has 0 bridgehead atoms. The van der Waals surface area contributed by atoms with Crippen LogP contribution in [0.2, 0.25) is 0 Å². The monoisotopic (exact) mass is 194 g/mol. The Kier molecular flexibility index (Phi) is 3.54. The van der Waals surface area contributed by atoms with Crippen LogP contribution in [0.3, 0.4) is 0 Å². The zero-order valence-electron chi connectivity index (χ0n) is 8.75. The second kappa shape index (κ2) is 4.47. The molecule has 1 fully saturated rings. The molecule has 3 heteroatoms. The first-order valence-corrected chi connectivity index (χ1v) is 5.16. The van der Waals surface area contributed by atoms with E-state index >= 15 is 0 Å². The highest BCUT2D eigenvalue weighted by atomic mass is 16.2. The van der Waals surface area contributed by atoms with Crippen LogP contribution in [-0.4, -0.2) is 29.4 Å². The smallest absolute Gasteiger partial charge is 0.243 e. The third kappa shape index (κ3) is 2.08. The van der Waals surface area contributed by atoms with Crippen molar-refractivity contribution in [2.24, 2.45) is 5.73 Å². The van der Waals surface area contributed by atoms with Crippen LogP contribution in [0.1, 0.15) is 32.6 Å². The van der Waals surface area contributed by atoms with Crippen LogP contribution >= 0.6 is 0 Å². The largest absolute Gasteiger partial charge is 0.330 e. The minimum atomic E-state index is -0.632. The molecule has 1 rings (SSSR count). The number of nitrogens with two attached hydrogens (primary N) is 1. The first-order valence-electron chi connectivity index (χ1n) is 5.16. The highest BCUT2D eigenvalue weighted by molar-refractivity contribution is 5.86. The van der Waals surface area contributed by atoms with Crippen molar-refractivity contribution >= 4 is 5.91 Å². The van der Waals surface area contributed by atoms with E-state index in [1.807, 2.05) is 6.92 Å². The third-order valence-corrected chi connectivity index (χ3v) is 2.87. The van der Waals surface area contributed by atoms with Crippen LogP contribution in [0.4, 0.5) is 0 Å². The molecule has 3 nitrogen and oxygen atoms in total. The lowest BCUT2D eigenvalue weighted by molar-refractivity contribution is -0.136. The van der Waals surface area contributed by atoms with Gasteiger partial charge in [-0.1, -0.05) is 18.8 Å². The van der Waals surface area contributed by atoms with Crippen molar-refractivity contribution in [1.29, 1.82) is 0 Å². The van der Waals surface area contributed by atoms with E-state index in [1.54, 1.807) is 4.90 Å². The van der Waals surface area contributed by atoms with Gasteiger partial charge in [-0.3, -0.25) is 4.79 Å². The molecule has 1 saturated carbocycles. The fourth-order valence-corrected chi connectivity index (χ4v) is 1.97. The first-order chi connectivity index (χ1) is 6.64. The Labute approximate surface area is 85.6 Å². The van der Waals surface area contributed by atoms with Gasteiger partial charge in [-0.05, 0) is 19.8 Å². The van der Waals surface area contributed by atoms with Gasteiger partial charge in [-0.25, -0.2) is 0 Å². The molecule has 0 spiro atoms. The lowest BCUT2D eigenvalue weighted by atomic mass is 9.97. The number of likely N-dealkylation sites (N-methyl/N-ethyl adjacent to an activating group) is 1. The van der Waals surface area contributed by atoms with Crippen molar-refractivity contribution in [1.82, 2.24) is 4.90 Å². The lowest BCUT2D eigenvalue weighted by Gasteiger charge is -2.29. The Hall–Kier alpha value is -1.01. The summed E-state index contributed by atoms with van der Waals surface area (Å²) in [7, 11) is 0. The molecule has 0 radical (unpaired) electrons. The third-order valence-electron chi connectivity index (χ3n) is 2.87. The standard InChI is InChI=1S/C11H18N2O/c1-3-9-13(4-2)10(14)11(12)7-5-6-8-11/h1H,4-9,12H2,2H3. The molecule has 0 aromatic carbocycles. The molecular formula is C11H18N2O. The summed E-state index contributed by atoms with van der Waals surface area (Å²) in [6.07, 6.45) is 8.90. The van der Waals surface area contributed by atoms with Gasteiger partial charge in [0, 0.05) is 6.54 Å². The minimum absolute atomic E-state index is 0.0236. The summed E-state index contributed by atoms with van der Waals surface area (Å²) >= 11 is 0. The van der Waals surface area contributed by atoms with Crippen molar-refractivity contribution < 1.29 is 4.79 Å². The van der Waals surface area contributed by atoms with Gasteiger partial charge in [0.15, 0.2) is 0 Å². The summed E-state index contributed by atoms with van der Waals surface area (Å²) in [4.78, 5) is 13.7. The van der Waals surface area contributed by atoms with Crippen LogP contribution in [-0.2, 0) is 4.79 Å². The maximum atomic E-state index is 12.0. The van der Waals surface area contributed by atoms with Gasteiger partial charge >= 0.3 is 0 Å². The van der Waals surface area contributed by atoms with E-state index in [2.05, 4.69) is 5.92 Å². The molecule has 0 aliphatic heterocycles. The fraction of sp³-hybridized carbons (Fsp3) is 0.727. The van der Waals surface area contributed by atoms with Crippen LogP contribution in [0, 0.1) is 12.3 Å². The topological polar surface area (TPSA) is 46.3 Å². The zero-order chi connectivity index (χ0) is 10.6. The number of rotatable bonds is 3. The second-order valence-corrected chi connectivity index (χ2v) is 3.89. The van der Waals surface area contributed by atoms with E-state index in [4.69, 9.17) is 12.2 Å². The van der Waals surface area contributed by atoms with Gasteiger partial charge < -0.3 is 10.6 Å². The maximum Gasteiger partial charge on any atom is 0.243 e. The number of carbonyl (C=O) groups excluding carboxylic acids is 1. The summed E-state index contributed by atoms with van der Waals surface area (Å²) in [5, 5.41) is 0. The van der Waals surface area contributed by atoms with E-state index in [9.17, 15) is 4.79 Å². The van der Waals surface area contributed by atoms with Crippen molar-refractivity contribution in [3.8, 4) is 12.3 Å². The number of amides is 1. The average Bonchev–Trinajstić information content (AvgIpc) is 2.62. The van der Waals surface area contributed by atoms with E-state index in [0.717, 1.165) is 25.7 Å². The fourth-order valence-electron chi connectivity index (χ4n) is 1.97. The van der Waals surface area contributed by atoms with Gasteiger partial charge in [0.05, 0.1) is 12.1 Å². The molecule has 14 heavy (non-hydrogen) atoms. The molecule has 0 aromatic heterocycles. The molecule has 0 saturated heterocycles.